The molecule has 0 saturated carbocycles. The van der Waals surface area contributed by atoms with Crippen molar-refractivity contribution in [2.45, 2.75) is 10.6 Å². The lowest BCUT2D eigenvalue weighted by molar-refractivity contribution is 0.572. The highest BCUT2D eigenvalue weighted by Gasteiger charge is 2.24. The van der Waals surface area contributed by atoms with Crippen molar-refractivity contribution in [3.05, 3.63) is 16.5 Å². The molecule has 6 heteroatoms. The van der Waals surface area contributed by atoms with Gasteiger partial charge in [-0.15, -0.1) is 11.3 Å². The van der Waals surface area contributed by atoms with E-state index in [4.69, 9.17) is 11.6 Å². The largest absolute Gasteiger partial charge is 0.316 e. The highest BCUT2D eigenvalue weighted by atomic mass is 35.5. The van der Waals surface area contributed by atoms with Gasteiger partial charge < -0.3 is 5.32 Å². The molecule has 1 N–H and O–H groups in total. The van der Waals surface area contributed by atoms with Gasteiger partial charge in [0.15, 0.2) is 9.84 Å². The molecule has 0 amide bonds. The fourth-order valence-electron chi connectivity index (χ4n) is 1.71. The predicted molar refractivity (Wildman–Crippen MR) is 62.4 cm³/mol. The number of nitrogens with one attached hydrogen (secondary N) is 1. The summed E-state index contributed by atoms with van der Waals surface area (Å²) in [6, 6.07) is 3.22. The number of thiophene rings is 1. The molecular formula is C9H12ClNO2S2. The van der Waals surface area contributed by atoms with E-state index in [0.29, 0.717) is 8.55 Å². The first-order valence-electron chi connectivity index (χ1n) is 4.77. The maximum absolute atomic E-state index is 11.9. The Balaban J connectivity index is 2.12. The van der Waals surface area contributed by atoms with Crippen LogP contribution in [0.4, 0.5) is 0 Å². The van der Waals surface area contributed by atoms with Crippen LogP contribution in [0.1, 0.15) is 6.42 Å². The molecule has 2 rings (SSSR count). The molecule has 3 nitrogen and oxygen atoms in total. The van der Waals surface area contributed by atoms with Gasteiger partial charge >= 0.3 is 0 Å². The van der Waals surface area contributed by atoms with Gasteiger partial charge in [-0.25, -0.2) is 8.42 Å². The molecule has 0 aromatic carbocycles. The van der Waals surface area contributed by atoms with Gasteiger partial charge in [0.2, 0.25) is 0 Å². The molecule has 0 aliphatic carbocycles. The molecule has 15 heavy (non-hydrogen) atoms. The van der Waals surface area contributed by atoms with E-state index in [9.17, 15) is 8.42 Å². The van der Waals surface area contributed by atoms with E-state index in [1.807, 2.05) is 0 Å². The SMILES string of the molecule is O=S(=O)(CC1CCNC1)c1ccc(Cl)s1. The van der Waals surface area contributed by atoms with Crippen molar-refractivity contribution in [2.75, 3.05) is 18.8 Å². The van der Waals surface area contributed by atoms with Gasteiger partial charge in [0.25, 0.3) is 0 Å². The Morgan fingerprint density at radius 1 is 1.53 bits per heavy atom. The monoisotopic (exact) mass is 265 g/mol. The van der Waals surface area contributed by atoms with Crippen LogP contribution in [0.25, 0.3) is 0 Å². The molecule has 0 radical (unpaired) electrons. The zero-order valence-electron chi connectivity index (χ0n) is 8.07. The lowest BCUT2D eigenvalue weighted by atomic mass is 10.2. The lowest BCUT2D eigenvalue weighted by Gasteiger charge is -2.07. The second-order valence-electron chi connectivity index (χ2n) is 3.70. The van der Waals surface area contributed by atoms with E-state index < -0.39 is 9.84 Å². The van der Waals surface area contributed by atoms with Crippen LogP contribution < -0.4 is 5.32 Å². The molecular weight excluding hydrogens is 254 g/mol. The second-order valence-corrected chi connectivity index (χ2v) is 7.67. The second kappa shape index (κ2) is 4.41. The molecule has 1 aliphatic heterocycles. The van der Waals surface area contributed by atoms with Crippen LogP contribution in [0.5, 0.6) is 0 Å². The van der Waals surface area contributed by atoms with E-state index in [1.165, 1.54) is 0 Å². The zero-order chi connectivity index (χ0) is 10.9. The van der Waals surface area contributed by atoms with Crippen LogP contribution in [0.15, 0.2) is 16.3 Å². The number of hydrogen-bond acceptors (Lipinski definition) is 4. The standard InChI is InChI=1S/C9H12ClNO2S2/c10-8-1-2-9(14-8)15(12,13)6-7-3-4-11-5-7/h1-2,7,11H,3-6H2. The van der Waals surface area contributed by atoms with Crippen molar-refractivity contribution in [3.8, 4) is 0 Å². The Labute approximate surface area is 98.4 Å². The fourth-order valence-corrected chi connectivity index (χ4v) is 4.95. The topological polar surface area (TPSA) is 46.2 Å². The van der Waals surface area contributed by atoms with Crippen LogP contribution in [0.3, 0.4) is 0 Å². The van der Waals surface area contributed by atoms with E-state index >= 15 is 0 Å². The fraction of sp³-hybridized carbons (Fsp3) is 0.556. The van der Waals surface area contributed by atoms with Crippen molar-refractivity contribution < 1.29 is 8.42 Å². The van der Waals surface area contributed by atoms with Crippen molar-refractivity contribution in [3.63, 3.8) is 0 Å². The summed E-state index contributed by atoms with van der Waals surface area (Å²) in [5.41, 5.74) is 0. The molecule has 0 spiro atoms. The molecule has 1 aliphatic rings. The van der Waals surface area contributed by atoms with Crippen LogP contribution in [0.2, 0.25) is 4.34 Å². The maximum Gasteiger partial charge on any atom is 0.188 e. The summed E-state index contributed by atoms with van der Waals surface area (Å²) in [7, 11) is -3.13. The van der Waals surface area contributed by atoms with Gasteiger partial charge in [0.1, 0.15) is 4.21 Å². The van der Waals surface area contributed by atoms with Crippen LogP contribution in [-0.4, -0.2) is 27.3 Å². The number of sulfone groups is 1. The molecule has 1 fully saturated rings. The summed E-state index contributed by atoms with van der Waals surface area (Å²) in [4.78, 5) is 0. The molecule has 1 saturated heterocycles. The molecule has 2 heterocycles. The lowest BCUT2D eigenvalue weighted by Crippen LogP contribution is -2.18. The smallest absolute Gasteiger partial charge is 0.188 e. The number of hydrogen-bond donors (Lipinski definition) is 1. The summed E-state index contributed by atoms with van der Waals surface area (Å²) in [6.45, 7) is 1.73. The quantitative estimate of drug-likeness (QED) is 0.906. The molecule has 1 aromatic heterocycles. The highest BCUT2D eigenvalue weighted by Crippen LogP contribution is 2.28. The van der Waals surface area contributed by atoms with Gasteiger partial charge in [0, 0.05) is 0 Å². The maximum atomic E-state index is 11.9. The Bertz CT molecular complexity index is 435. The minimum atomic E-state index is -3.13. The van der Waals surface area contributed by atoms with Crippen LogP contribution in [0, 0.1) is 5.92 Å². The highest BCUT2D eigenvalue weighted by molar-refractivity contribution is 7.93. The minimum Gasteiger partial charge on any atom is -0.316 e. The third-order valence-electron chi connectivity index (χ3n) is 2.47. The molecule has 0 bridgehead atoms. The summed E-state index contributed by atoms with van der Waals surface area (Å²) in [6.07, 6.45) is 0.943. The van der Waals surface area contributed by atoms with Gasteiger partial charge in [0.05, 0.1) is 10.1 Å². The number of rotatable bonds is 3. The molecule has 1 aromatic rings. The average molecular weight is 266 g/mol. The van der Waals surface area contributed by atoms with Gasteiger partial charge in [-0.1, -0.05) is 11.6 Å². The van der Waals surface area contributed by atoms with Gasteiger partial charge in [-0.2, -0.15) is 0 Å². The zero-order valence-corrected chi connectivity index (χ0v) is 10.5. The third-order valence-corrected chi connectivity index (χ3v) is 6.17. The number of halogens is 1. The summed E-state index contributed by atoms with van der Waals surface area (Å²) >= 11 is 6.86. The first-order chi connectivity index (χ1) is 7.08. The Hall–Kier alpha value is -0.100. The Morgan fingerprint density at radius 3 is 2.87 bits per heavy atom. The van der Waals surface area contributed by atoms with E-state index in [0.717, 1.165) is 30.8 Å². The first-order valence-corrected chi connectivity index (χ1v) is 7.61. The Kier molecular flexibility index (Phi) is 3.35. The van der Waals surface area contributed by atoms with Gasteiger partial charge in [-0.3, -0.25) is 0 Å². The summed E-state index contributed by atoms with van der Waals surface area (Å²) < 4.78 is 24.8. The van der Waals surface area contributed by atoms with E-state index in [2.05, 4.69) is 5.32 Å². The van der Waals surface area contributed by atoms with Crippen molar-refractivity contribution in [2.24, 2.45) is 5.92 Å². The van der Waals surface area contributed by atoms with Gasteiger partial charge in [-0.05, 0) is 37.6 Å². The first kappa shape index (κ1) is 11.4. The van der Waals surface area contributed by atoms with Crippen molar-refractivity contribution >= 4 is 32.8 Å². The Morgan fingerprint density at radius 2 is 2.33 bits per heavy atom. The normalized spacial score (nSPS) is 22.1. The molecule has 1 atom stereocenters. The average Bonchev–Trinajstić information content (AvgIpc) is 2.75. The third kappa shape index (κ3) is 2.72. The van der Waals surface area contributed by atoms with E-state index in [1.54, 1.807) is 12.1 Å². The summed E-state index contributed by atoms with van der Waals surface area (Å²) in [5, 5.41) is 3.16. The van der Waals surface area contributed by atoms with Crippen molar-refractivity contribution in [1.82, 2.24) is 5.32 Å². The summed E-state index contributed by atoms with van der Waals surface area (Å²) in [5.74, 6) is 0.479. The minimum absolute atomic E-state index is 0.233. The van der Waals surface area contributed by atoms with Crippen LogP contribution >= 0.6 is 22.9 Å². The molecule has 1 unspecified atom stereocenters. The van der Waals surface area contributed by atoms with Crippen molar-refractivity contribution in [1.29, 1.82) is 0 Å². The van der Waals surface area contributed by atoms with Crippen LogP contribution in [-0.2, 0) is 9.84 Å². The molecule has 84 valence electrons. The predicted octanol–water partition coefficient (Wildman–Crippen LogP) is 1.78. The van der Waals surface area contributed by atoms with E-state index in [-0.39, 0.29) is 11.7 Å².